The number of halogens is 5. The Labute approximate surface area is 232 Å². The highest BCUT2D eigenvalue weighted by Crippen LogP contribution is 2.34. The lowest BCUT2D eigenvalue weighted by molar-refractivity contribution is -0.0529. The number of aromatic nitrogens is 5. The number of anilines is 2. The van der Waals surface area contributed by atoms with Crippen LogP contribution in [-0.2, 0) is 6.54 Å². The van der Waals surface area contributed by atoms with Gasteiger partial charge in [0.25, 0.3) is 6.43 Å². The number of aliphatic hydroxyl groups excluding tert-OH is 1. The lowest BCUT2D eigenvalue weighted by Crippen LogP contribution is -2.63. The molecule has 3 aromatic heterocycles. The summed E-state index contributed by atoms with van der Waals surface area (Å²) < 4.78 is 62.7. The van der Waals surface area contributed by atoms with E-state index in [1.165, 1.54) is 26.0 Å². The van der Waals surface area contributed by atoms with Gasteiger partial charge in [0.05, 0.1) is 43.1 Å². The van der Waals surface area contributed by atoms with Crippen LogP contribution >= 0.6 is 12.4 Å². The molecule has 4 heterocycles. The molecule has 4 aromatic rings. The molecule has 0 radical (unpaired) electrons. The van der Waals surface area contributed by atoms with Crippen molar-refractivity contribution >= 4 is 35.1 Å². The molecule has 0 bridgehead atoms. The Bertz CT molecular complexity index is 1520. The van der Waals surface area contributed by atoms with Crippen LogP contribution in [0.4, 0.5) is 29.1 Å². The van der Waals surface area contributed by atoms with E-state index in [4.69, 9.17) is 16.2 Å². The molecule has 5 rings (SSSR count). The molecule has 0 amide bonds. The first kappa shape index (κ1) is 29.2. The van der Waals surface area contributed by atoms with E-state index in [0.29, 0.717) is 35.4 Å². The molecule has 0 spiro atoms. The number of pyridine rings is 1. The number of ether oxygens (including phenoxy) is 1. The van der Waals surface area contributed by atoms with Gasteiger partial charge in [0, 0.05) is 24.7 Å². The molecule has 1 unspecified atom stereocenters. The SMILES string of the molecule is COc1cc(F)c(-c2cc(Cn3cnc4c(N)ncnc43)c(N3CCC[C@](N)(C(O)C(F)F)C3)cn2)cc1F.Cl. The second-order valence-electron chi connectivity index (χ2n) is 9.51. The second-order valence-corrected chi connectivity index (χ2v) is 9.51. The summed E-state index contributed by atoms with van der Waals surface area (Å²) in [6.45, 7) is 0.523. The third-order valence-corrected chi connectivity index (χ3v) is 6.98. The van der Waals surface area contributed by atoms with Crippen LogP contribution in [0.15, 0.2) is 37.1 Å². The van der Waals surface area contributed by atoms with Crippen LogP contribution in [0.3, 0.4) is 0 Å². The fourth-order valence-corrected chi connectivity index (χ4v) is 4.94. The number of benzene rings is 1. The molecule has 15 heteroatoms. The minimum Gasteiger partial charge on any atom is -0.494 e. The predicted octanol–water partition coefficient (Wildman–Crippen LogP) is 3.15. The van der Waals surface area contributed by atoms with Gasteiger partial charge in [0.1, 0.15) is 23.8 Å². The maximum absolute atomic E-state index is 14.9. The molecule has 1 saturated heterocycles. The van der Waals surface area contributed by atoms with Gasteiger partial charge in [-0.2, -0.15) is 0 Å². The minimum atomic E-state index is -3.01. The summed E-state index contributed by atoms with van der Waals surface area (Å²) in [6.07, 6.45) is -0.128. The zero-order chi connectivity index (χ0) is 27.9. The number of piperidine rings is 1. The molecule has 40 heavy (non-hydrogen) atoms. The van der Waals surface area contributed by atoms with Crippen LogP contribution in [0, 0.1) is 11.6 Å². The maximum Gasteiger partial charge on any atom is 0.265 e. The highest BCUT2D eigenvalue weighted by atomic mass is 35.5. The summed E-state index contributed by atoms with van der Waals surface area (Å²) in [7, 11) is 1.23. The Morgan fingerprint density at radius 1 is 1.12 bits per heavy atom. The molecule has 2 atom stereocenters. The Morgan fingerprint density at radius 3 is 2.62 bits per heavy atom. The van der Waals surface area contributed by atoms with Crippen molar-refractivity contribution in [3.05, 3.63) is 54.2 Å². The van der Waals surface area contributed by atoms with Crippen LogP contribution in [-0.4, -0.2) is 67.9 Å². The highest BCUT2D eigenvalue weighted by Gasteiger charge is 2.43. The number of aliphatic hydroxyl groups is 1. The van der Waals surface area contributed by atoms with Gasteiger partial charge in [0.15, 0.2) is 23.0 Å². The summed E-state index contributed by atoms with van der Waals surface area (Å²) in [5.41, 5.74) is 12.6. The number of nitrogens with zero attached hydrogens (tertiary/aromatic N) is 6. The van der Waals surface area contributed by atoms with Gasteiger partial charge in [-0.05, 0) is 30.5 Å². The molecule has 1 aromatic carbocycles. The predicted molar refractivity (Wildman–Crippen MR) is 143 cm³/mol. The number of imidazole rings is 1. The second kappa shape index (κ2) is 11.4. The van der Waals surface area contributed by atoms with E-state index in [0.717, 1.165) is 12.1 Å². The van der Waals surface area contributed by atoms with E-state index in [-0.39, 0.29) is 54.7 Å². The van der Waals surface area contributed by atoms with E-state index in [1.54, 1.807) is 15.5 Å². The van der Waals surface area contributed by atoms with E-state index in [1.807, 2.05) is 0 Å². The molecular weight excluding hydrogens is 556 g/mol. The van der Waals surface area contributed by atoms with Gasteiger partial charge < -0.3 is 30.8 Å². The Kier molecular flexibility index (Phi) is 8.33. The van der Waals surface area contributed by atoms with Crippen molar-refractivity contribution in [1.82, 2.24) is 24.5 Å². The zero-order valence-electron chi connectivity index (χ0n) is 21.3. The lowest BCUT2D eigenvalue weighted by Gasteiger charge is -2.44. The van der Waals surface area contributed by atoms with Crippen molar-refractivity contribution in [2.24, 2.45) is 5.73 Å². The topological polar surface area (TPSA) is 141 Å². The van der Waals surface area contributed by atoms with Gasteiger partial charge >= 0.3 is 0 Å². The van der Waals surface area contributed by atoms with Crippen molar-refractivity contribution in [2.45, 2.75) is 37.5 Å². The molecule has 1 aliphatic heterocycles. The standard InChI is InChI=1S/C25H26F4N8O2.ClH/c1-39-19-7-15(26)14(6-16(19)27)17-5-13(9-37-12-35-20-23(30)33-11-34-24(20)37)18(8-32-17)36-4-2-3-25(31,10-36)21(38)22(28)29;/h5-8,11-12,21-22,38H,2-4,9-10,31H2,1H3,(H2,30,33,34);1H/t21?,25-;/m1./s1. The van der Waals surface area contributed by atoms with Crippen molar-refractivity contribution in [1.29, 1.82) is 0 Å². The van der Waals surface area contributed by atoms with E-state index >= 15 is 0 Å². The number of hydrogen-bond donors (Lipinski definition) is 3. The summed E-state index contributed by atoms with van der Waals surface area (Å²) in [6, 6.07) is 3.50. The highest BCUT2D eigenvalue weighted by molar-refractivity contribution is 5.85. The van der Waals surface area contributed by atoms with Crippen molar-refractivity contribution in [3.8, 4) is 17.0 Å². The minimum absolute atomic E-state index is 0. The van der Waals surface area contributed by atoms with Crippen molar-refractivity contribution < 1.29 is 27.4 Å². The van der Waals surface area contributed by atoms with Crippen molar-refractivity contribution in [3.63, 3.8) is 0 Å². The Hall–Kier alpha value is -3.75. The number of alkyl halides is 2. The molecule has 0 saturated carbocycles. The Balaban J connectivity index is 0.00000370. The van der Waals surface area contributed by atoms with Crippen LogP contribution in [0.1, 0.15) is 18.4 Å². The summed E-state index contributed by atoms with van der Waals surface area (Å²) in [4.78, 5) is 18.6. The monoisotopic (exact) mass is 582 g/mol. The molecule has 0 aliphatic carbocycles. The number of rotatable bonds is 7. The number of hydrogen-bond acceptors (Lipinski definition) is 9. The third-order valence-electron chi connectivity index (χ3n) is 6.98. The number of fused-ring (bicyclic) bond motifs is 1. The third kappa shape index (κ3) is 5.33. The summed E-state index contributed by atoms with van der Waals surface area (Å²) >= 11 is 0. The van der Waals surface area contributed by atoms with E-state index in [2.05, 4.69) is 19.9 Å². The molecular formula is C25H27ClF4N8O2. The van der Waals surface area contributed by atoms with Gasteiger partial charge in [-0.3, -0.25) is 4.98 Å². The first-order chi connectivity index (χ1) is 18.6. The molecule has 10 nitrogen and oxygen atoms in total. The number of methoxy groups -OCH3 is 1. The molecule has 5 N–H and O–H groups in total. The van der Waals surface area contributed by atoms with Gasteiger partial charge in [-0.1, -0.05) is 0 Å². The summed E-state index contributed by atoms with van der Waals surface area (Å²) in [5, 5.41) is 10.1. The first-order valence-corrected chi connectivity index (χ1v) is 12.0. The van der Waals surface area contributed by atoms with Crippen LogP contribution in [0.25, 0.3) is 22.4 Å². The first-order valence-electron chi connectivity index (χ1n) is 12.0. The fourth-order valence-electron chi connectivity index (χ4n) is 4.94. The van der Waals surface area contributed by atoms with E-state index < -0.39 is 29.7 Å². The quantitative estimate of drug-likeness (QED) is 0.280. The summed E-state index contributed by atoms with van der Waals surface area (Å²) in [5.74, 6) is -1.57. The fraction of sp³-hybridized carbons (Fsp3) is 0.360. The maximum atomic E-state index is 14.9. The number of nitrogens with two attached hydrogens (primary N) is 2. The average molecular weight is 583 g/mol. The Morgan fingerprint density at radius 2 is 1.90 bits per heavy atom. The van der Waals surface area contributed by atoms with Gasteiger partial charge in [-0.15, -0.1) is 12.4 Å². The van der Waals surface area contributed by atoms with Crippen LogP contribution in [0.5, 0.6) is 5.75 Å². The smallest absolute Gasteiger partial charge is 0.265 e. The van der Waals surface area contributed by atoms with Gasteiger partial charge in [0.2, 0.25) is 0 Å². The van der Waals surface area contributed by atoms with Crippen molar-refractivity contribution in [2.75, 3.05) is 30.8 Å². The normalized spacial score (nSPS) is 18.1. The average Bonchev–Trinajstić information content (AvgIpc) is 3.33. The molecule has 214 valence electrons. The van der Waals surface area contributed by atoms with Crippen LogP contribution < -0.4 is 21.1 Å². The molecule has 1 aliphatic rings. The van der Waals surface area contributed by atoms with Crippen LogP contribution in [0.2, 0.25) is 0 Å². The largest absolute Gasteiger partial charge is 0.494 e. The number of nitrogen functional groups attached to an aromatic ring is 1. The van der Waals surface area contributed by atoms with E-state index in [9.17, 15) is 22.7 Å². The van der Waals surface area contributed by atoms with Gasteiger partial charge in [-0.25, -0.2) is 32.5 Å². The molecule has 1 fully saturated rings. The zero-order valence-corrected chi connectivity index (χ0v) is 22.1. The lowest BCUT2D eigenvalue weighted by atomic mass is 9.84.